The Morgan fingerprint density at radius 3 is 1.87 bits per heavy atom. The molecule has 7 nitrogen and oxygen atoms in total. The van der Waals surface area contributed by atoms with E-state index in [0.29, 0.717) is 17.7 Å². The van der Waals surface area contributed by atoms with Gasteiger partial charge in [0.05, 0.1) is 20.3 Å². The molecule has 0 amide bonds. The molecule has 1 aromatic rings. The maximum Gasteiger partial charge on any atom is 0.195 e. The molecule has 0 aliphatic carbocycles. The van der Waals surface area contributed by atoms with E-state index < -0.39 is 43.4 Å². The van der Waals surface area contributed by atoms with Crippen LogP contribution in [0.25, 0.3) is 0 Å². The molecule has 1 fully saturated rings. The number of aliphatic hydroxyl groups excluding tert-OH is 4. The van der Waals surface area contributed by atoms with E-state index in [1.165, 1.54) is 0 Å². The van der Waals surface area contributed by atoms with Crippen molar-refractivity contribution in [2.24, 2.45) is 0 Å². The van der Waals surface area contributed by atoms with Gasteiger partial charge in [-0.05, 0) is 24.3 Å². The zero-order chi connectivity index (χ0) is 17.0. The molecule has 0 aromatic heterocycles. The van der Waals surface area contributed by atoms with Crippen LogP contribution in [-0.4, -0.2) is 65.2 Å². The van der Waals surface area contributed by atoms with Gasteiger partial charge in [-0.2, -0.15) is 0 Å². The zero-order valence-electron chi connectivity index (χ0n) is 13.3. The first-order valence-corrected chi connectivity index (χ1v) is 7.59. The highest BCUT2D eigenvalue weighted by atomic mass is 16.8. The highest BCUT2D eigenvalue weighted by molar-refractivity contribution is 5.30. The van der Waals surface area contributed by atoms with Crippen LogP contribution in [-0.2, 0) is 15.3 Å². The first-order valence-electron chi connectivity index (χ1n) is 7.59. The monoisotopic (exact) mass is 328 g/mol. The van der Waals surface area contributed by atoms with Crippen LogP contribution in [0.2, 0.25) is 0 Å². The lowest BCUT2D eigenvalue weighted by Gasteiger charge is -2.28. The highest BCUT2D eigenvalue weighted by Gasteiger charge is 2.52. The fourth-order valence-electron chi connectivity index (χ4n) is 2.76. The largest absolute Gasteiger partial charge is 0.497 e. The SMILES string of the molecule is CCC1(c2ccc(OC)cc2)O[C@H]([C@H](O)CO)[C@@H]([C@H](O)CO)O1. The lowest BCUT2D eigenvalue weighted by Crippen LogP contribution is -2.45. The zero-order valence-corrected chi connectivity index (χ0v) is 13.3. The standard InChI is InChI=1S/C16H24O7/c1-3-16(10-4-6-11(21-2)7-5-10)22-14(12(19)8-17)15(23-16)13(20)9-18/h4-7,12-15,17-20H,3,8-9H2,1-2H3/t12-,13-,14-,15-/m1/s1. The summed E-state index contributed by atoms with van der Waals surface area (Å²) in [7, 11) is 1.56. The van der Waals surface area contributed by atoms with Gasteiger partial charge in [-0.1, -0.05) is 6.92 Å². The normalized spacial score (nSPS) is 26.0. The Hall–Kier alpha value is -1.22. The summed E-state index contributed by atoms with van der Waals surface area (Å²) < 4.78 is 16.9. The molecule has 2 rings (SSSR count). The van der Waals surface area contributed by atoms with E-state index in [9.17, 15) is 20.4 Å². The van der Waals surface area contributed by atoms with Gasteiger partial charge in [-0.3, -0.25) is 0 Å². The minimum absolute atomic E-state index is 0.419. The second-order valence-electron chi connectivity index (χ2n) is 5.50. The van der Waals surface area contributed by atoms with Gasteiger partial charge in [0.25, 0.3) is 0 Å². The van der Waals surface area contributed by atoms with E-state index in [1.54, 1.807) is 31.4 Å². The van der Waals surface area contributed by atoms with Crippen molar-refractivity contribution < 1.29 is 34.6 Å². The van der Waals surface area contributed by atoms with Crippen molar-refractivity contribution in [1.29, 1.82) is 0 Å². The molecular weight excluding hydrogens is 304 g/mol. The third-order valence-corrected chi connectivity index (χ3v) is 4.10. The quantitative estimate of drug-likeness (QED) is 0.546. The summed E-state index contributed by atoms with van der Waals surface area (Å²) in [5.41, 5.74) is 0.698. The number of ether oxygens (including phenoxy) is 3. The topological polar surface area (TPSA) is 109 Å². The summed E-state index contributed by atoms with van der Waals surface area (Å²) in [5.74, 6) is -0.495. The van der Waals surface area contributed by atoms with Crippen molar-refractivity contribution in [1.82, 2.24) is 0 Å². The Kier molecular flexibility index (Phi) is 5.96. The molecule has 0 saturated carbocycles. The molecule has 0 radical (unpaired) electrons. The van der Waals surface area contributed by atoms with Crippen LogP contribution in [0, 0.1) is 0 Å². The Morgan fingerprint density at radius 2 is 1.52 bits per heavy atom. The average Bonchev–Trinajstić information content (AvgIpc) is 3.01. The van der Waals surface area contributed by atoms with Gasteiger partial charge in [0, 0.05) is 12.0 Å². The molecular formula is C16H24O7. The second-order valence-corrected chi connectivity index (χ2v) is 5.50. The van der Waals surface area contributed by atoms with Gasteiger partial charge in [-0.15, -0.1) is 0 Å². The molecule has 1 heterocycles. The van der Waals surface area contributed by atoms with Gasteiger partial charge in [0.15, 0.2) is 5.79 Å². The van der Waals surface area contributed by atoms with Crippen molar-refractivity contribution in [2.45, 2.75) is 43.5 Å². The molecule has 1 aliphatic heterocycles. The van der Waals surface area contributed by atoms with E-state index in [0.717, 1.165) is 0 Å². The average molecular weight is 328 g/mol. The maximum atomic E-state index is 9.96. The Morgan fingerprint density at radius 1 is 1.04 bits per heavy atom. The number of rotatable bonds is 7. The summed E-state index contributed by atoms with van der Waals surface area (Å²) in [5, 5.41) is 38.3. The van der Waals surface area contributed by atoms with E-state index >= 15 is 0 Å². The summed E-state index contributed by atoms with van der Waals surface area (Å²) in [6.07, 6.45) is -3.95. The molecule has 0 spiro atoms. The van der Waals surface area contributed by atoms with Gasteiger partial charge < -0.3 is 34.6 Å². The summed E-state index contributed by atoms with van der Waals surface area (Å²) in [4.78, 5) is 0. The number of hydrogen-bond acceptors (Lipinski definition) is 7. The van der Waals surface area contributed by atoms with E-state index in [4.69, 9.17) is 14.2 Å². The van der Waals surface area contributed by atoms with Crippen LogP contribution >= 0.6 is 0 Å². The van der Waals surface area contributed by atoms with Crippen LogP contribution < -0.4 is 4.74 Å². The molecule has 7 heteroatoms. The van der Waals surface area contributed by atoms with Crippen molar-refractivity contribution in [3.63, 3.8) is 0 Å². The van der Waals surface area contributed by atoms with Crippen LogP contribution in [0.15, 0.2) is 24.3 Å². The first kappa shape index (κ1) is 18.1. The van der Waals surface area contributed by atoms with Crippen LogP contribution in [0.1, 0.15) is 18.9 Å². The lowest BCUT2D eigenvalue weighted by molar-refractivity contribution is -0.200. The van der Waals surface area contributed by atoms with Gasteiger partial charge >= 0.3 is 0 Å². The number of hydrogen-bond donors (Lipinski definition) is 4. The molecule has 4 atom stereocenters. The lowest BCUT2D eigenvalue weighted by atomic mass is 10.0. The molecule has 1 saturated heterocycles. The van der Waals surface area contributed by atoms with E-state index in [-0.39, 0.29) is 0 Å². The smallest absolute Gasteiger partial charge is 0.195 e. The van der Waals surface area contributed by atoms with Gasteiger partial charge in [-0.25, -0.2) is 0 Å². The number of methoxy groups -OCH3 is 1. The first-order chi connectivity index (χ1) is 11.0. The minimum atomic E-state index is -1.23. The van der Waals surface area contributed by atoms with Crippen molar-refractivity contribution in [3.05, 3.63) is 29.8 Å². The minimum Gasteiger partial charge on any atom is -0.497 e. The Labute approximate surface area is 135 Å². The van der Waals surface area contributed by atoms with Crippen molar-refractivity contribution >= 4 is 0 Å². The number of aliphatic hydroxyl groups is 4. The molecule has 130 valence electrons. The summed E-state index contributed by atoms with van der Waals surface area (Å²) in [6.45, 7) is 0.774. The molecule has 4 N–H and O–H groups in total. The highest BCUT2D eigenvalue weighted by Crippen LogP contribution is 2.42. The predicted molar refractivity (Wildman–Crippen MR) is 80.9 cm³/mol. The van der Waals surface area contributed by atoms with Gasteiger partial charge in [0.1, 0.15) is 30.2 Å². The number of benzene rings is 1. The summed E-state index contributed by atoms with van der Waals surface area (Å²) >= 11 is 0. The Bertz CT molecular complexity index is 472. The molecule has 23 heavy (non-hydrogen) atoms. The fraction of sp³-hybridized carbons (Fsp3) is 0.625. The molecule has 0 bridgehead atoms. The predicted octanol–water partition coefficient (Wildman–Crippen LogP) is -0.252. The molecule has 1 aromatic carbocycles. The second kappa shape index (κ2) is 7.57. The third kappa shape index (κ3) is 3.50. The van der Waals surface area contributed by atoms with Crippen molar-refractivity contribution in [3.8, 4) is 5.75 Å². The van der Waals surface area contributed by atoms with E-state index in [2.05, 4.69) is 0 Å². The van der Waals surface area contributed by atoms with Crippen molar-refractivity contribution in [2.75, 3.05) is 20.3 Å². The van der Waals surface area contributed by atoms with E-state index in [1.807, 2.05) is 6.92 Å². The molecule has 1 aliphatic rings. The third-order valence-electron chi connectivity index (χ3n) is 4.10. The van der Waals surface area contributed by atoms with Crippen LogP contribution in [0.5, 0.6) is 5.75 Å². The fourth-order valence-corrected chi connectivity index (χ4v) is 2.76. The summed E-state index contributed by atoms with van der Waals surface area (Å²) in [6, 6.07) is 7.07. The maximum absolute atomic E-state index is 9.96. The Balaban J connectivity index is 2.33. The van der Waals surface area contributed by atoms with Crippen LogP contribution in [0.4, 0.5) is 0 Å². The van der Waals surface area contributed by atoms with Gasteiger partial charge in [0.2, 0.25) is 0 Å². The molecule has 0 unspecified atom stereocenters. The van der Waals surface area contributed by atoms with Crippen LogP contribution in [0.3, 0.4) is 0 Å².